The van der Waals surface area contributed by atoms with Crippen molar-refractivity contribution < 1.29 is 18.4 Å². The summed E-state index contributed by atoms with van der Waals surface area (Å²) in [7, 11) is 0. The molecule has 21 heavy (non-hydrogen) atoms. The Hall–Kier alpha value is -1.20. The number of fused-ring (bicyclic) bond motifs is 1. The van der Waals surface area contributed by atoms with Crippen molar-refractivity contribution >= 4 is 11.8 Å². The van der Waals surface area contributed by atoms with Crippen LogP contribution in [0.2, 0.25) is 0 Å². The van der Waals surface area contributed by atoms with Crippen molar-refractivity contribution in [3.63, 3.8) is 0 Å². The molecule has 118 valence electrons. The van der Waals surface area contributed by atoms with Crippen LogP contribution in [-0.4, -0.2) is 53.7 Å². The Kier molecular flexibility index (Phi) is 3.45. The van der Waals surface area contributed by atoms with Gasteiger partial charge in [0.2, 0.25) is 17.7 Å². The molecular weight excluding hydrogens is 278 g/mol. The third-order valence-electron chi connectivity index (χ3n) is 4.86. The summed E-state index contributed by atoms with van der Waals surface area (Å²) in [5.41, 5.74) is 0. The average molecular weight is 300 g/mol. The molecule has 2 saturated heterocycles. The van der Waals surface area contributed by atoms with Crippen LogP contribution < -0.4 is 0 Å². The maximum Gasteiger partial charge on any atom is 0.249 e. The van der Waals surface area contributed by atoms with E-state index in [9.17, 15) is 18.4 Å². The number of likely N-dealkylation sites (tertiary alicyclic amines) is 2. The zero-order valence-electron chi connectivity index (χ0n) is 12.5. The van der Waals surface area contributed by atoms with Crippen LogP contribution in [0.4, 0.5) is 8.78 Å². The normalized spacial score (nSPS) is 31.8. The Labute approximate surface area is 123 Å². The number of alkyl halides is 2. The van der Waals surface area contributed by atoms with Gasteiger partial charge in [0.05, 0.1) is 5.92 Å². The number of rotatable bonds is 3. The monoisotopic (exact) mass is 300 g/mol. The highest BCUT2D eigenvalue weighted by molar-refractivity contribution is 5.85. The number of carbonyl (C=O) groups is 2. The highest BCUT2D eigenvalue weighted by Gasteiger charge is 2.53. The van der Waals surface area contributed by atoms with Crippen LogP contribution in [0, 0.1) is 23.7 Å². The molecule has 0 aromatic heterocycles. The third kappa shape index (κ3) is 2.64. The summed E-state index contributed by atoms with van der Waals surface area (Å²) in [5, 5.41) is 0. The Morgan fingerprint density at radius 2 is 1.95 bits per heavy atom. The van der Waals surface area contributed by atoms with Crippen molar-refractivity contribution in [2.24, 2.45) is 23.7 Å². The van der Waals surface area contributed by atoms with E-state index in [0.29, 0.717) is 25.6 Å². The molecule has 2 amide bonds. The zero-order valence-corrected chi connectivity index (χ0v) is 12.5. The number of hydrogen-bond donors (Lipinski definition) is 0. The quantitative estimate of drug-likeness (QED) is 0.794. The Morgan fingerprint density at radius 1 is 1.29 bits per heavy atom. The van der Waals surface area contributed by atoms with Crippen LogP contribution in [0.15, 0.2) is 0 Å². The number of hydrogen-bond acceptors (Lipinski definition) is 2. The summed E-state index contributed by atoms with van der Waals surface area (Å²) in [6.07, 6.45) is -0.657. The molecule has 0 aromatic carbocycles. The SMILES string of the molecule is CC(C)CN1C[C@@H]2CN(C(=O)C3CC(F)(F)C3)C[C@@H]2C1=O. The van der Waals surface area contributed by atoms with Crippen LogP contribution in [0.1, 0.15) is 26.7 Å². The number of carbonyl (C=O) groups excluding carboxylic acids is 2. The molecule has 0 radical (unpaired) electrons. The molecule has 1 aliphatic carbocycles. The summed E-state index contributed by atoms with van der Waals surface area (Å²) in [6, 6.07) is 0. The first-order valence-electron chi connectivity index (χ1n) is 7.72. The Bertz CT molecular complexity index is 459. The van der Waals surface area contributed by atoms with Gasteiger partial charge in [-0.25, -0.2) is 8.78 Å². The van der Waals surface area contributed by atoms with E-state index in [0.717, 1.165) is 6.54 Å². The summed E-state index contributed by atoms with van der Waals surface area (Å²) in [6.45, 7) is 6.58. The fourth-order valence-corrected chi connectivity index (χ4v) is 3.82. The van der Waals surface area contributed by atoms with Crippen molar-refractivity contribution in [1.29, 1.82) is 0 Å². The molecule has 4 nitrogen and oxygen atoms in total. The lowest BCUT2D eigenvalue weighted by Crippen LogP contribution is -2.47. The minimum atomic E-state index is -2.67. The van der Waals surface area contributed by atoms with E-state index in [-0.39, 0.29) is 36.5 Å². The predicted octanol–water partition coefficient (Wildman–Crippen LogP) is 1.60. The third-order valence-corrected chi connectivity index (χ3v) is 4.86. The lowest BCUT2D eigenvalue weighted by Gasteiger charge is -2.36. The largest absolute Gasteiger partial charge is 0.342 e. The highest BCUT2D eigenvalue weighted by atomic mass is 19.3. The topological polar surface area (TPSA) is 40.6 Å². The van der Waals surface area contributed by atoms with E-state index in [1.807, 2.05) is 4.90 Å². The standard InChI is InChI=1S/C15H22F2N2O2/c1-9(2)5-18-6-11-7-19(8-12(11)14(18)21)13(20)10-3-15(16,17)4-10/h9-12H,3-8H2,1-2H3/t11-,12+/m1/s1. The lowest BCUT2D eigenvalue weighted by molar-refractivity contribution is -0.159. The van der Waals surface area contributed by atoms with E-state index < -0.39 is 11.8 Å². The van der Waals surface area contributed by atoms with Gasteiger partial charge in [-0.05, 0) is 5.92 Å². The first-order chi connectivity index (χ1) is 9.77. The molecule has 1 saturated carbocycles. The van der Waals surface area contributed by atoms with E-state index in [1.54, 1.807) is 4.90 Å². The fraction of sp³-hybridized carbons (Fsp3) is 0.867. The van der Waals surface area contributed by atoms with Crippen molar-refractivity contribution in [3.05, 3.63) is 0 Å². The van der Waals surface area contributed by atoms with Gasteiger partial charge < -0.3 is 9.80 Å². The molecule has 2 heterocycles. The maximum absolute atomic E-state index is 12.9. The van der Waals surface area contributed by atoms with Gasteiger partial charge in [0.25, 0.3) is 0 Å². The molecule has 6 heteroatoms. The van der Waals surface area contributed by atoms with Crippen LogP contribution in [0.5, 0.6) is 0 Å². The van der Waals surface area contributed by atoms with E-state index >= 15 is 0 Å². The minimum absolute atomic E-state index is 0.117. The molecule has 2 atom stereocenters. The highest BCUT2D eigenvalue weighted by Crippen LogP contribution is 2.44. The van der Waals surface area contributed by atoms with Gasteiger partial charge in [0.1, 0.15) is 0 Å². The predicted molar refractivity (Wildman–Crippen MR) is 72.6 cm³/mol. The summed E-state index contributed by atoms with van der Waals surface area (Å²) < 4.78 is 25.7. The molecular formula is C15H22F2N2O2. The fourth-order valence-electron chi connectivity index (χ4n) is 3.82. The van der Waals surface area contributed by atoms with Crippen LogP contribution in [-0.2, 0) is 9.59 Å². The van der Waals surface area contributed by atoms with Gasteiger partial charge in [-0.2, -0.15) is 0 Å². The smallest absolute Gasteiger partial charge is 0.249 e. The zero-order chi connectivity index (χ0) is 15.4. The van der Waals surface area contributed by atoms with E-state index in [4.69, 9.17) is 0 Å². The maximum atomic E-state index is 12.9. The molecule has 0 unspecified atom stereocenters. The average Bonchev–Trinajstić information content (AvgIpc) is 2.86. The van der Waals surface area contributed by atoms with E-state index in [2.05, 4.69) is 13.8 Å². The second kappa shape index (κ2) is 4.92. The van der Waals surface area contributed by atoms with Gasteiger partial charge in [-0.15, -0.1) is 0 Å². The first-order valence-corrected chi connectivity index (χ1v) is 7.72. The number of halogens is 2. The Balaban J connectivity index is 1.56. The van der Waals surface area contributed by atoms with Gasteiger partial charge in [0, 0.05) is 50.9 Å². The first kappa shape index (κ1) is 14.7. The van der Waals surface area contributed by atoms with Crippen LogP contribution >= 0.6 is 0 Å². The number of nitrogens with zero attached hydrogens (tertiary/aromatic N) is 2. The van der Waals surface area contributed by atoms with E-state index in [1.165, 1.54) is 0 Å². The molecule has 3 rings (SSSR count). The molecule has 3 aliphatic rings. The molecule has 0 spiro atoms. The molecule has 3 fully saturated rings. The minimum Gasteiger partial charge on any atom is -0.342 e. The second-order valence-corrected chi connectivity index (χ2v) is 7.21. The van der Waals surface area contributed by atoms with Crippen molar-refractivity contribution in [2.45, 2.75) is 32.6 Å². The number of amides is 2. The van der Waals surface area contributed by atoms with Crippen molar-refractivity contribution in [3.8, 4) is 0 Å². The van der Waals surface area contributed by atoms with Gasteiger partial charge in [0.15, 0.2) is 0 Å². The van der Waals surface area contributed by atoms with Crippen molar-refractivity contribution in [1.82, 2.24) is 9.80 Å². The second-order valence-electron chi connectivity index (χ2n) is 7.21. The van der Waals surface area contributed by atoms with Gasteiger partial charge in [-0.1, -0.05) is 13.8 Å². The Morgan fingerprint density at radius 3 is 2.48 bits per heavy atom. The van der Waals surface area contributed by atoms with Crippen molar-refractivity contribution in [2.75, 3.05) is 26.2 Å². The van der Waals surface area contributed by atoms with Crippen LogP contribution in [0.25, 0.3) is 0 Å². The van der Waals surface area contributed by atoms with Gasteiger partial charge >= 0.3 is 0 Å². The molecule has 0 aromatic rings. The van der Waals surface area contributed by atoms with Crippen LogP contribution in [0.3, 0.4) is 0 Å². The molecule has 0 bridgehead atoms. The van der Waals surface area contributed by atoms with Gasteiger partial charge in [-0.3, -0.25) is 9.59 Å². The lowest BCUT2D eigenvalue weighted by atomic mass is 9.80. The summed E-state index contributed by atoms with van der Waals surface area (Å²) in [5.74, 6) is -2.77. The summed E-state index contributed by atoms with van der Waals surface area (Å²) in [4.78, 5) is 28.0. The summed E-state index contributed by atoms with van der Waals surface area (Å²) >= 11 is 0. The molecule has 0 N–H and O–H groups in total. The molecule has 2 aliphatic heterocycles.